The number of hydrogen-bond acceptors (Lipinski definition) is 2. The Bertz CT molecular complexity index is 558. The number of rotatable bonds is 2. The Morgan fingerprint density at radius 3 is 2.29 bits per heavy atom. The summed E-state index contributed by atoms with van der Waals surface area (Å²) >= 11 is 7.60. The van der Waals surface area contributed by atoms with E-state index in [0.717, 1.165) is 10.7 Å². The molecule has 1 heterocycles. The first-order valence-corrected chi connectivity index (χ1v) is 6.98. The Labute approximate surface area is 111 Å². The molecule has 2 rings (SSSR count). The Balaban J connectivity index is 2.56. The zero-order valence-corrected chi connectivity index (χ0v) is 12.2. The van der Waals surface area contributed by atoms with Gasteiger partial charge in [0.05, 0.1) is 11.6 Å². The van der Waals surface area contributed by atoms with Crippen molar-refractivity contribution in [2.75, 3.05) is 0 Å². The van der Waals surface area contributed by atoms with Crippen LogP contribution in [0.2, 0.25) is 0 Å². The van der Waals surface area contributed by atoms with Crippen LogP contribution < -0.4 is 0 Å². The number of aryl methyl sites for hydroxylation is 4. The Morgan fingerprint density at radius 1 is 1.06 bits per heavy atom. The maximum atomic E-state index is 5.90. The lowest BCUT2D eigenvalue weighted by molar-refractivity contribution is 1.21. The van der Waals surface area contributed by atoms with Gasteiger partial charge in [-0.2, -0.15) is 0 Å². The molecule has 0 spiro atoms. The number of aromatic nitrogens is 1. The van der Waals surface area contributed by atoms with Gasteiger partial charge in [-0.15, -0.1) is 22.9 Å². The molecule has 0 saturated heterocycles. The predicted molar refractivity (Wildman–Crippen MR) is 76.1 cm³/mol. The topological polar surface area (TPSA) is 12.9 Å². The Morgan fingerprint density at radius 2 is 1.71 bits per heavy atom. The number of halogens is 1. The van der Waals surface area contributed by atoms with Crippen molar-refractivity contribution >= 4 is 22.9 Å². The van der Waals surface area contributed by atoms with Crippen LogP contribution in [0, 0.1) is 27.7 Å². The fraction of sp³-hybridized carbons (Fsp3) is 0.357. The quantitative estimate of drug-likeness (QED) is 0.712. The number of benzene rings is 1. The molecular weight excluding hydrogens is 250 g/mol. The molecule has 1 nitrogen and oxygen atoms in total. The van der Waals surface area contributed by atoms with Crippen LogP contribution in [0.15, 0.2) is 12.1 Å². The minimum Gasteiger partial charge on any atom is -0.241 e. The molecular formula is C14H16ClNS. The van der Waals surface area contributed by atoms with Gasteiger partial charge in [-0.1, -0.05) is 6.07 Å². The van der Waals surface area contributed by atoms with Crippen molar-refractivity contribution in [2.45, 2.75) is 33.6 Å². The van der Waals surface area contributed by atoms with Gasteiger partial charge in [0, 0.05) is 10.4 Å². The molecule has 17 heavy (non-hydrogen) atoms. The van der Waals surface area contributed by atoms with Gasteiger partial charge in [-0.3, -0.25) is 0 Å². The molecule has 0 amide bonds. The summed E-state index contributed by atoms with van der Waals surface area (Å²) in [5.41, 5.74) is 6.21. The van der Waals surface area contributed by atoms with Crippen LogP contribution in [0.1, 0.15) is 27.3 Å². The molecule has 0 fully saturated rings. The van der Waals surface area contributed by atoms with E-state index in [-0.39, 0.29) is 0 Å². The van der Waals surface area contributed by atoms with E-state index in [1.165, 1.54) is 27.1 Å². The van der Waals surface area contributed by atoms with Crippen LogP contribution >= 0.6 is 22.9 Å². The van der Waals surface area contributed by atoms with Crippen molar-refractivity contribution < 1.29 is 0 Å². The van der Waals surface area contributed by atoms with Gasteiger partial charge >= 0.3 is 0 Å². The lowest BCUT2D eigenvalue weighted by Crippen LogP contribution is -1.88. The van der Waals surface area contributed by atoms with Crippen molar-refractivity contribution in [3.05, 3.63) is 39.4 Å². The Kier molecular flexibility index (Phi) is 3.55. The molecule has 0 aliphatic carbocycles. The van der Waals surface area contributed by atoms with Crippen LogP contribution in [-0.2, 0) is 5.88 Å². The molecule has 1 aromatic heterocycles. The van der Waals surface area contributed by atoms with E-state index >= 15 is 0 Å². The van der Waals surface area contributed by atoms with Crippen molar-refractivity contribution in [3.8, 4) is 10.6 Å². The minimum atomic E-state index is 0.549. The SMILES string of the molecule is Cc1cc(C)c(-c2nc(C)c(CCl)s2)cc1C. The van der Waals surface area contributed by atoms with E-state index in [1.54, 1.807) is 11.3 Å². The minimum absolute atomic E-state index is 0.549. The molecule has 3 heteroatoms. The van der Waals surface area contributed by atoms with Gasteiger partial charge in [0.2, 0.25) is 0 Å². The van der Waals surface area contributed by atoms with E-state index < -0.39 is 0 Å². The number of alkyl halides is 1. The standard InChI is InChI=1S/C14H16ClNS/c1-8-5-10(3)12(6-9(8)2)14-16-11(4)13(7-15)17-14/h5-6H,7H2,1-4H3. The largest absolute Gasteiger partial charge is 0.241 e. The molecule has 0 aliphatic rings. The highest BCUT2D eigenvalue weighted by Gasteiger charge is 2.11. The van der Waals surface area contributed by atoms with Gasteiger partial charge in [-0.05, 0) is 50.5 Å². The molecule has 1 aromatic carbocycles. The van der Waals surface area contributed by atoms with Crippen LogP contribution in [0.5, 0.6) is 0 Å². The molecule has 90 valence electrons. The summed E-state index contributed by atoms with van der Waals surface area (Å²) in [6.07, 6.45) is 0. The van der Waals surface area contributed by atoms with Crippen LogP contribution in [0.3, 0.4) is 0 Å². The predicted octanol–water partition coefficient (Wildman–Crippen LogP) is 4.78. The second-order valence-corrected chi connectivity index (χ2v) is 5.76. The second-order valence-electron chi connectivity index (χ2n) is 4.41. The smallest absolute Gasteiger partial charge is 0.124 e. The fourth-order valence-electron chi connectivity index (χ4n) is 1.86. The highest BCUT2D eigenvalue weighted by atomic mass is 35.5. The summed E-state index contributed by atoms with van der Waals surface area (Å²) in [5.74, 6) is 0.549. The maximum absolute atomic E-state index is 5.90. The average molecular weight is 266 g/mol. The summed E-state index contributed by atoms with van der Waals surface area (Å²) in [6, 6.07) is 4.45. The van der Waals surface area contributed by atoms with E-state index in [9.17, 15) is 0 Å². The third-order valence-corrected chi connectivity index (χ3v) is 4.70. The highest BCUT2D eigenvalue weighted by molar-refractivity contribution is 7.15. The number of hydrogen-bond donors (Lipinski definition) is 0. The normalized spacial score (nSPS) is 10.9. The van der Waals surface area contributed by atoms with Crippen LogP contribution in [-0.4, -0.2) is 4.98 Å². The van der Waals surface area contributed by atoms with Crippen molar-refractivity contribution in [1.29, 1.82) is 0 Å². The summed E-state index contributed by atoms with van der Waals surface area (Å²) in [4.78, 5) is 5.78. The maximum Gasteiger partial charge on any atom is 0.124 e. The molecule has 0 atom stereocenters. The van der Waals surface area contributed by atoms with Crippen molar-refractivity contribution in [2.24, 2.45) is 0 Å². The lowest BCUT2D eigenvalue weighted by atomic mass is 10.0. The van der Waals surface area contributed by atoms with Crippen LogP contribution in [0.4, 0.5) is 0 Å². The molecule has 0 saturated carbocycles. The second kappa shape index (κ2) is 4.79. The van der Waals surface area contributed by atoms with Crippen LogP contribution in [0.25, 0.3) is 10.6 Å². The molecule has 0 bridgehead atoms. The van der Waals surface area contributed by atoms with E-state index in [1.807, 2.05) is 6.92 Å². The summed E-state index contributed by atoms with van der Waals surface area (Å²) in [7, 11) is 0. The third kappa shape index (κ3) is 2.38. The molecule has 0 N–H and O–H groups in total. The van der Waals surface area contributed by atoms with E-state index in [4.69, 9.17) is 11.6 Å². The van der Waals surface area contributed by atoms with Gasteiger partial charge in [-0.25, -0.2) is 4.98 Å². The first-order chi connectivity index (χ1) is 8.02. The van der Waals surface area contributed by atoms with Crippen molar-refractivity contribution in [3.63, 3.8) is 0 Å². The average Bonchev–Trinajstić information content (AvgIpc) is 2.65. The van der Waals surface area contributed by atoms with Gasteiger partial charge in [0.15, 0.2) is 0 Å². The first kappa shape index (κ1) is 12.6. The monoisotopic (exact) mass is 265 g/mol. The zero-order valence-electron chi connectivity index (χ0n) is 10.6. The molecule has 0 radical (unpaired) electrons. The summed E-state index contributed by atoms with van der Waals surface area (Å²) < 4.78 is 0. The van der Waals surface area contributed by atoms with Crippen molar-refractivity contribution in [1.82, 2.24) is 4.98 Å². The van der Waals surface area contributed by atoms with Gasteiger partial charge < -0.3 is 0 Å². The van der Waals surface area contributed by atoms with E-state index in [0.29, 0.717) is 5.88 Å². The number of nitrogens with zero attached hydrogens (tertiary/aromatic N) is 1. The fourth-order valence-corrected chi connectivity index (χ4v) is 3.21. The molecule has 0 aliphatic heterocycles. The molecule has 2 aromatic rings. The van der Waals surface area contributed by atoms with Gasteiger partial charge in [0.25, 0.3) is 0 Å². The summed E-state index contributed by atoms with van der Waals surface area (Å²) in [5, 5.41) is 1.08. The highest BCUT2D eigenvalue weighted by Crippen LogP contribution is 2.32. The first-order valence-electron chi connectivity index (χ1n) is 5.63. The summed E-state index contributed by atoms with van der Waals surface area (Å²) in [6.45, 7) is 8.44. The zero-order chi connectivity index (χ0) is 12.6. The van der Waals surface area contributed by atoms with E-state index in [2.05, 4.69) is 37.9 Å². The third-order valence-electron chi connectivity index (χ3n) is 3.09. The lowest BCUT2D eigenvalue weighted by Gasteiger charge is -2.07. The molecule has 0 unspecified atom stereocenters. The Hall–Kier alpha value is -0.860. The number of thiazole rings is 1. The van der Waals surface area contributed by atoms with Gasteiger partial charge in [0.1, 0.15) is 5.01 Å².